The van der Waals surface area contributed by atoms with Crippen molar-refractivity contribution in [2.24, 2.45) is 0 Å². The molecule has 1 atom stereocenters. The number of amides is 1. The third-order valence-corrected chi connectivity index (χ3v) is 7.35. The molecule has 1 amide bonds. The Labute approximate surface area is 194 Å². The second-order valence-electron chi connectivity index (χ2n) is 7.83. The first-order valence-corrected chi connectivity index (χ1v) is 12.1. The minimum atomic E-state index is -3.94. The number of sulfonamides is 1. The van der Waals surface area contributed by atoms with Gasteiger partial charge in [0.05, 0.1) is 24.2 Å². The van der Waals surface area contributed by atoms with Crippen LogP contribution < -0.4 is 19.1 Å². The molecule has 3 aromatic rings. The van der Waals surface area contributed by atoms with Gasteiger partial charge in [0.25, 0.3) is 15.9 Å². The topological polar surface area (TPSA) is 84.9 Å². The van der Waals surface area contributed by atoms with Crippen LogP contribution >= 0.6 is 0 Å². The number of nitrogens with one attached hydrogen (secondary N) is 1. The van der Waals surface area contributed by atoms with E-state index < -0.39 is 22.0 Å². The number of benzene rings is 3. The molecule has 1 aliphatic heterocycles. The molecule has 33 heavy (non-hydrogen) atoms. The lowest BCUT2D eigenvalue weighted by Crippen LogP contribution is -2.48. The van der Waals surface area contributed by atoms with Crippen LogP contribution in [0.25, 0.3) is 0 Å². The van der Waals surface area contributed by atoms with Gasteiger partial charge >= 0.3 is 0 Å². The maximum Gasteiger partial charge on any atom is 0.267 e. The molecule has 1 N–H and O–H groups in total. The fraction of sp³-hybridized carbons (Fsp3) is 0.240. The average Bonchev–Trinajstić information content (AvgIpc) is 2.83. The smallest absolute Gasteiger partial charge is 0.267 e. The average molecular weight is 467 g/mol. The molecule has 0 bridgehead atoms. The Morgan fingerprint density at radius 2 is 1.79 bits per heavy atom. The van der Waals surface area contributed by atoms with Crippen molar-refractivity contribution in [3.63, 3.8) is 0 Å². The molecule has 0 saturated heterocycles. The van der Waals surface area contributed by atoms with E-state index in [2.05, 4.69) is 12.2 Å². The van der Waals surface area contributed by atoms with Crippen LogP contribution in [0.1, 0.15) is 18.1 Å². The van der Waals surface area contributed by atoms with Gasteiger partial charge in [-0.2, -0.15) is 0 Å². The molecule has 1 unspecified atom stereocenters. The summed E-state index contributed by atoms with van der Waals surface area (Å²) in [6, 6.07) is 18.9. The summed E-state index contributed by atoms with van der Waals surface area (Å²) in [5.74, 6) is 0.486. The molecule has 3 aromatic carbocycles. The van der Waals surface area contributed by atoms with Crippen LogP contribution in [0, 0.1) is 6.92 Å². The van der Waals surface area contributed by atoms with Gasteiger partial charge in [-0.15, -0.1) is 0 Å². The molecule has 0 aromatic heterocycles. The summed E-state index contributed by atoms with van der Waals surface area (Å²) in [6.45, 7) is 3.79. The largest absolute Gasteiger partial charge is 0.497 e. The lowest BCUT2D eigenvalue weighted by atomic mass is 10.1. The molecule has 0 aliphatic carbocycles. The van der Waals surface area contributed by atoms with E-state index in [1.807, 2.05) is 37.3 Å². The highest BCUT2D eigenvalue weighted by molar-refractivity contribution is 7.92. The van der Waals surface area contributed by atoms with Crippen LogP contribution in [-0.4, -0.2) is 34.1 Å². The van der Waals surface area contributed by atoms with E-state index in [0.717, 1.165) is 17.5 Å². The van der Waals surface area contributed by atoms with Gasteiger partial charge in [-0.1, -0.05) is 25.1 Å². The third kappa shape index (κ3) is 4.66. The maximum absolute atomic E-state index is 13.5. The first-order valence-electron chi connectivity index (χ1n) is 10.7. The number of anilines is 2. The monoisotopic (exact) mass is 466 g/mol. The van der Waals surface area contributed by atoms with Crippen molar-refractivity contribution in [2.45, 2.75) is 31.3 Å². The minimum absolute atomic E-state index is 0.103. The molecule has 8 heteroatoms. The predicted molar refractivity (Wildman–Crippen MR) is 128 cm³/mol. The van der Waals surface area contributed by atoms with Gasteiger partial charge in [0, 0.05) is 5.69 Å². The third-order valence-electron chi connectivity index (χ3n) is 5.55. The van der Waals surface area contributed by atoms with Crippen LogP contribution in [0.5, 0.6) is 11.5 Å². The molecule has 0 saturated carbocycles. The Hall–Kier alpha value is -3.52. The van der Waals surface area contributed by atoms with Crippen molar-refractivity contribution in [2.75, 3.05) is 23.3 Å². The summed E-state index contributed by atoms with van der Waals surface area (Å²) in [4.78, 5) is 13.1. The molecule has 4 rings (SSSR count). The highest BCUT2D eigenvalue weighted by Gasteiger charge is 2.37. The first-order chi connectivity index (χ1) is 15.8. The maximum atomic E-state index is 13.5. The zero-order valence-corrected chi connectivity index (χ0v) is 19.6. The number of rotatable bonds is 6. The number of fused-ring (bicyclic) bond motifs is 1. The quantitative estimate of drug-likeness (QED) is 0.590. The van der Waals surface area contributed by atoms with Gasteiger partial charge in [0.1, 0.15) is 11.5 Å². The number of nitrogens with zero attached hydrogens (tertiary/aromatic N) is 1. The first kappa shape index (κ1) is 22.7. The number of aryl methyl sites for hydroxylation is 2. The van der Waals surface area contributed by atoms with Crippen LogP contribution in [0.4, 0.5) is 11.4 Å². The van der Waals surface area contributed by atoms with Crippen molar-refractivity contribution >= 4 is 27.3 Å². The van der Waals surface area contributed by atoms with E-state index in [4.69, 9.17) is 9.47 Å². The molecule has 1 heterocycles. The van der Waals surface area contributed by atoms with Gasteiger partial charge < -0.3 is 14.8 Å². The summed E-state index contributed by atoms with van der Waals surface area (Å²) < 4.78 is 39.4. The summed E-state index contributed by atoms with van der Waals surface area (Å²) >= 11 is 0. The van der Waals surface area contributed by atoms with Gasteiger partial charge in [-0.05, 0) is 73.0 Å². The van der Waals surface area contributed by atoms with Crippen molar-refractivity contribution in [1.29, 1.82) is 0 Å². The predicted octanol–water partition coefficient (Wildman–Crippen LogP) is 4.16. The zero-order valence-electron chi connectivity index (χ0n) is 18.7. The van der Waals surface area contributed by atoms with E-state index in [1.165, 1.54) is 23.5 Å². The normalized spacial score (nSPS) is 15.4. The fourth-order valence-corrected chi connectivity index (χ4v) is 5.12. The SMILES string of the molecule is CCc1ccc(NC(=O)C2CN(S(=O)(=O)c3ccc(OC)cc3)c3ccc(C)cc3O2)cc1. The molecule has 0 fully saturated rings. The van der Waals surface area contributed by atoms with Crippen LogP contribution in [0.15, 0.2) is 71.6 Å². The number of hydrogen-bond donors (Lipinski definition) is 1. The number of methoxy groups -OCH3 is 1. The van der Waals surface area contributed by atoms with Gasteiger partial charge in [0.2, 0.25) is 0 Å². The lowest BCUT2D eigenvalue weighted by molar-refractivity contribution is -0.122. The van der Waals surface area contributed by atoms with Crippen LogP contribution in [0.3, 0.4) is 0 Å². The summed E-state index contributed by atoms with van der Waals surface area (Å²) in [6.07, 6.45) is -0.118. The molecule has 1 aliphatic rings. The molecule has 0 spiro atoms. The molecular weight excluding hydrogens is 440 g/mol. The Morgan fingerprint density at radius 1 is 1.09 bits per heavy atom. The van der Waals surface area contributed by atoms with Gasteiger partial charge in [-0.25, -0.2) is 8.42 Å². The highest BCUT2D eigenvalue weighted by Crippen LogP contribution is 2.38. The Balaban J connectivity index is 1.65. The second-order valence-corrected chi connectivity index (χ2v) is 9.69. The van der Waals surface area contributed by atoms with E-state index >= 15 is 0 Å². The molecule has 172 valence electrons. The van der Waals surface area contributed by atoms with E-state index in [0.29, 0.717) is 22.9 Å². The van der Waals surface area contributed by atoms with Crippen molar-refractivity contribution in [1.82, 2.24) is 0 Å². The van der Waals surface area contributed by atoms with E-state index in [9.17, 15) is 13.2 Å². The zero-order chi connectivity index (χ0) is 23.6. The summed E-state index contributed by atoms with van der Waals surface area (Å²) in [5, 5.41) is 2.83. The Bertz CT molecular complexity index is 1250. The number of carbonyl (C=O) groups excluding carboxylic acids is 1. The number of carbonyl (C=O) groups is 1. The van der Waals surface area contributed by atoms with Crippen LogP contribution in [-0.2, 0) is 21.2 Å². The molecule has 0 radical (unpaired) electrons. The van der Waals surface area contributed by atoms with Crippen molar-refractivity contribution in [3.8, 4) is 11.5 Å². The summed E-state index contributed by atoms with van der Waals surface area (Å²) in [7, 11) is -2.43. The van der Waals surface area contributed by atoms with Crippen molar-refractivity contribution in [3.05, 3.63) is 77.9 Å². The Kier molecular flexibility index (Phi) is 6.29. The fourth-order valence-electron chi connectivity index (χ4n) is 3.65. The minimum Gasteiger partial charge on any atom is -0.497 e. The van der Waals surface area contributed by atoms with E-state index in [-0.39, 0.29) is 11.4 Å². The standard InChI is InChI=1S/C25H26N2O5S/c1-4-18-6-8-19(9-7-18)26-25(28)24-16-27(22-14-5-17(2)15-23(22)32-24)33(29,30)21-12-10-20(31-3)11-13-21/h5-15,24H,4,16H2,1-3H3,(H,26,28). The van der Waals surface area contributed by atoms with Crippen LogP contribution in [0.2, 0.25) is 0 Å². The highest BCUT2D eigenvalue weighted by atomic mass is 32.2. The second kappa shape index (κ2) is 9.15. The van der Waals surface area contributed by atoms with Gasteiger partial charge in [0.15, 0.2) is 6.10 Å². The summed E-state index contributed by atoms with van der Waals surface area (Å²) in [5.41, 5.74) is 3.07. The number of ether oxygens (including phenoxy) is 2. The van der Waals surface area contributed by atoms with Gasteiger partial charge in [-0.3, -0.25) is 9.10 Å². The van der Waals surface area contributed by atoms with Crippen molar-refractivity contribution < 1.29 is 22.7 Å². The molecule has 7 nitrogen and oxygen atoms in total. The number of hydrogen-bond acceptors (Lipinski definition) is 5. The molecular formula is C25H26N2O5S. The Morgan fingerprint density at radius 3 is 2.42 bits per heavy atom. The lowest BCUT2D eigenvalue weighted by Gasteiger charge is -2.35. The van der Waals surface area contributed by atoms with E-state index in [1.54, 1.807) is 24.3 Å².